The molecule has 3 nitrogen and oxygen atoms in total. The topological polar surface area (TPSA) is 38.3 Å². The monoisotopic (exact) mass is 279 g/mol. The summed E-state index contributed by atoms with van der Waals surface area (Å²) in [6, 6.07) is 7.85. The molecule has 3 atom stereocenters. The van der Waals surface area contributed by atoms with E-state index in [1.807, 2.05) is 24.3 Å². The van der Waals surface area contributed by atoms with Gasteiger partial charge in [0.2, 0.25) is 5.91 Å². The second-order valence-corrected chi connectivity index (χ2v) is 5.88. The average molecular weight is 280 g/mol. The van der Waals surface area contributed by atoms with Gasteiger partial charge in [-0.15, -0.1) is 11.6 Å². The van der Waals surface area contributed by atoms with Crippen LogP contribution >= 0.6 is 11.6 Å². The highest BCUT2D eigenvalue weighted by molar-refractivity contribution is 6.21. The lowest BCUT2D eigenvalue weighted by molar-refractivity contribution is -0.123. The van der Waals surface area contributed by atoms with E-state index in [2.05, 4.69) is 5.32 Å². The predicted octanol–water partition coefficient (Wildman–Crippen LogP) is 2.83. The van der Waals surface area contributed by atoms with E-state index in [1.165, 1.54) is 0 Å². The van der Waals surface area contributed by atoms with E-state index in [0.717, 1.165) is 37.0 Å². The zero-order valence-corrected chi connectivity index (χ0v) is 11.5. The Bertz CT molecular complexity index is 477. The van der Waals surface area contributed by atoms with Gasteiger partial charge in [0.1, 0.15) is 18.3 Å². The minimum atomic E-state index is -0.193. The third-order valence-electron chi connectivity index (χ3n) is 4.03. The van der Waals surface area contributed by atoms with Gasteiger partial charge < -0.3 is 10.1 Å². The van der Waals surface area contributed by atoms with Crippen LogP contribution in [0.15, 0.2) is 24.3 Å². The summed E-state index contributed by atoms with van der Waals surface area (Å²) in [6.45, 7) is 0.435. The fourth-order valence-corrected chi connectivity index (χ4v) is 3.25. The maximum Gasteiger partial charge on any atom is 0.231 e. The van der Waals surface area contributed by atoms with Gasteiger partial charge in [0.15, 0.2) is 0 Å². The normalized spacial score (nSPS) is 29.4. The molecule has 19 heavy (non-hydrogen) atoms. The van der Waals surface area contributed by atoms with Crippen LogP contribution in [0, 0.1) is 0 Å². The molecule has 1 heterocycles. The Morgan fingerprint density at radius 2 is 2.05 bits per heavy atom. The number of rotatable bonds is 2. The maximum atomic E-state index is 12.4. The van der Waals surface area contributed by atoms with Gasteiger partial charge in [-0.3, -0.25) is 4.79 Å². The molecule has 1 amide bonds. The maximum absolute atomic E-state index is 12.4. The standard InChI is InChI=1S/C15H18ClNO2/c16-12-6-2-3-7-13(12)17-15(18)11-9-19-14-8-4-1-5-10(11)14/h1,4-5,8,11-13H,2-3,6-7,9H2,(H,17,18). The second kappa shape index (κ2) is 5.41. The van der Waals surface area contributed by atoms with Crippen molar-refractivity contribution >= 4 is 17.5 Å². The summed E-state index contributed by atoms with van der Waals surface area (Å²) in [5.41, 5.74) is 0.988. The van der Waals surface area contributed by atoms with Gasteiger partial charge in [-0.2, -0.15) is 0 Å². The number of hydrogen-bond acceptors (Lipinski definition) is 2. The van der Waals surface area contributed by atoms with Crippen LogP contribution in [0.25, 0.3) is 0 Å². The first-order chi connectivity index (χ1) is 9.25. The molecule has 1 aliphatic carbocycles. The van der Waals surface area contributed by atoms with Crippen molar-refractivity contribution in [1.82, 2.24) is 5.32 Å². The van der Waals surface area contributed by atoms with Crippen LogP contribution in [0.3, 0.4) is 0 Å². The van der Waals surface area contributed by atoms with Gasteiger partial charge >= 0.3 is 0 Å². The largest absolute Gasteiger partial charge is 0.492 e. The number of fused-ring (bicyclic) bond motifs is 1. The zero-order valence-electron chi connectivity index (χ0n) is 10.8. The number of ether oxygens (including phenoxy) is 1. The minimum absolute atomic E-state index is 0.0440. The van der Waals surface area contributed by atoms with E-state index in [1.54, 1.807) is 0 Å². The molecule has 102 valence electrons. The molecule has 4 heteroatoms. The molecule has 0 radical (unpaired) electrons. The van der Waals surface area contributed by atoms with Crippen molar-refractivity contribution in [2.45, 2.75) is 43.0 Å². The van der Waals surface area contributed by atoms with Crippen molar-refractivity contribution in [3.63, 3.8) is 0 Å². The molecular formula is C15H18ClNO2. The van der Waals surface area contributed by atoms with Gasteiger partial charge in [-0.1, -0.05) is 31.0 Å². The van der Waals surface area contributed by atoms with E-state index in [9.17, 15) is 4.79 Å². The van der Waals surface area contributed by atoms with Crippen LogP contribution in [0.1, 0.15) is 37.2 Å². The number of halogens is 1. The smallest absolute Gasteiger partial charge is 0.231 e. The molecule has 0 spiro atoms. The molecule has 0 saturated heterocycles. The third-order valence-corrected chi connectivity index (χ3v) is 4.55. The highest BCUT2D eigenvalue weighted by Gasteiger charge is 2.33. The van der Waals surface area contributed by atoms with Crippen molar-refractivity contribution in [2.75, 3.05) is 6.61 Å². The number of para-hydroxylation sites is 1. The van der Waals surface area contributed by atoms with Gasteiger partial charge in [-0.05, 0) is 18.9 Å². The molecule has 0 aromatic heterocycles. The van der Waals surface area contributed by atoms with Crippen LogP contribution in [-0.2, 0) is 4.79 Å². The summed E-state index contributed by atoms with van der Waals surface area (Å²) in [7, 11) is 0. The minimum Gasteiger partial charge on any atom is -0.492 e. The van der Waals surface area contributed by atoms with E-state index in [0.29, 0.717) is 6.61 Å². The van der Waals surface area contributed by atoms with Crippen molar-refractivity contribution in [3.05, 3.63) is 29.8 Å². The van der Waals surface area contributed by atoms with Gasteiger partial charge in [0.25, 0.3) is 0 Å². The van der Waals surface area contributed by atoms with Crippen LogP contribution in [0.2, 0.25) is 0 Å². The quantitative estimate of drug-likeness (QED) is 0.846. The average Bonchev–Trinajstić information content (AvgIpc) is 2.85. The summed E-state index contributed by atoms with van der Waals surface area (Å²) in [6.07, 6.45) is 4.28. The first-order valence-corrected chi connectivity index (χ1v) is 7.35. The lowest BCUT2D eigenvalue weighted by Gasteiger charge is -2.28. The molecule has 1 aliphatic heterocycles. The molecule has 3 rings (SSSR count). The van der Waals surface area contributed by atoms with Crippen molar-refractivity contribution in [1.29, 1.82) is 0 Å². The molecule has 2 aliphatic rings. The zero-order chi connectivity index (χ0) is 13.2. The fourth-order valence-electron chi connectivity index (χ4n) is 2.91. The highest BCUT2D eigenvalue weighted by Crippen LogP contribution is 2.34. The van der Waals surface area contributed by atoms with E-state index >= 15 is 0 Å². The number of benzene rings is 1. The number of carbonyl (C=O) groups excluding carboxylic acids is 1. The van der Waals surface area contributed by atoms with Crippen LogP contribution in [-0.4, -0.2) is 23.9 Å². The molecule has 1 aromatic carbocycles. The van der Waals surface area contributed by atoms with Crippen molar-refractivity contribution in [3.8, 4) is 5.75 Å². The van der Waals surface area contributed by atoms with Crippen LogP contribution < -0.4 is 10.1 Å². The number of hydrogen-bond donors (Lipinski definition) is 1. The Morgan fingerprint density at radius 3 is 2.89 bits per heavy atom. The van der Waals surface area contributed by atoms with Crippen molar-refractivity contribution < 1.29 is 9.53 Å². The van der Waals surface area contributed by atoms with Crippen LogP contribution in [0.4, 0.5) is 0 Å². The summed E-state index contributed by atoms with van der Waals surface area (Å²) in [4.78, 5) is 12.4. The second-order valence-electron chi connectivity index (χ2n) is 5.32. The Kier molecular flexibility index (Phi) is 3.65. The highest BCUT2D eigenvalue weighted by atomic mass is 35.5. The molecule has 3 unspecified atom stereocenters. The SMILES string of the molecule is O=C(NC1CCCCC1Cl)C1COc2ccccc21. The molecule has 0 bridgehead atoms. The number of alkyl halides is 1. The first-order valence-electron chi connectivity index (χ1n) is 6.92. The summed E-state index contributed by atoms with van der Waals surface area (Å²) >= 11 is 6.29. The van der Waals surface area contributed by atoms with E-state index < -0.39 is 0 Å². The van der Waals surface area contributed by atoms with Gasteiger partial charge in [0.05, 0.1) is 5.38 Å². The summed E-state index contributed by atoms with van der Waals surface area (Å²) in [5.74, 6) is 0.679. The van der Waals surface area contributed by atoms with Gasteiger partial charge in [-0.25, -0.2) is 0 Å². The predicted molar refractivity (Wildman–Crippen MR) is 74.7 cm³/mol. The Labute approximate surface area is 118 Å². The van der Waals surface area contributed by atoms with Crippen molar-refractivity contribution in [2.24, 2.45) is 0 Å². The third kappa shape index (κ3) is 2.57. The van der Waals surface area contributed by atoms with Crippen LogP contribution in [0.5, 0.6) is 5.75 Å². The summed E-state index contributed by atoms with van der Waals surface area (Å²) in [5, 5.41) is 3.17. The lowest BCUT2D eigenvalue weighted by Crippen LogP contribution is -2.45. The molecular weight excluding hydrogens is 262 g/mol. The summed E-state index contributed by atoms with van der Waals surface area (Å²) < 4.78 is 5.55. The Morgan fingerprint density at radius 1 is 1.26 bits per heavy atom. The molecule has 1 aromatic rings. The molecule has 1 saturated carbocycles. The molecule has 1 N–H and O–H groups in total. The number of nitrogens with one attached hydrogen (secondary N) is 1. The molecule has 1 fully saturated rings. The van der Waals surface area contributed by atoms with E-state index in [4.69, 9.17) is 16.3 Å². The van der Waals surface area contributed by atoms with Gasteiger partial charge in [0, 0.05) is 11.6 Å². The Balaban J connectivity index is 1.68. The lowest BCUT2D eigenvalue weighted by atomic mass is 9.93. The fraction of sp³-hybridized carbons (Fsp3) is 0.533. The Hall–Kier alpha value is -1.22. The number of carbonyl (C=O) groups is 1. The first kappa shape index (κ1) is 12.8. The van der Waals surface area contributed by atoms with E-state index in [-0.39, 0.29) is 23.2 Å². The number of amides is 1.